The van der Waals surface area contributed by atoms with Gasteiger partial charge in [0.15, 0.2) is 0 Å². The van der Waals surface area contributed by atoms with E-state index in [1.54, 1.807) is 6.07 Å². The molecule has 5 rings (SSSR count). The number of carbonyl (C=O) groups excluding carboxylic acids is 1. The number of hydrogen-bond acceptors (Lipinski definition) is 5. The number of benzene rings is 2. The van der Waals surface area contributed by atoms with Crippen LogP contribution in [0.15, 0.2) is 83.0 Å². The van der Waals surface area contributed by atoms with E-state index in [4.69, 9.17) is 11.6 Å². The van der Waals surface area contributed by atoms with Crippen molar-refractivity contribution in [1.82, 2.24) is 19.7 Å². The lowest BCUT2D eigenvalue weighted by Gasteiger charge is -2.10. The molecule has 168 valence electrons. The summed E-state index contributed by atoms with van der Waals surface area (Å²) in [7, 11) is 0. The van der Waals surface area contributed by atoms with E-state index in [0.29, 0.717) is 11.4 Å². The van der Waals surface area contributed by atoms with Crippen LogP contribution < -0.4 is 10.9 Å². The number of nitrogens with zero attached hydrogens (tertiary/aromatic N) is 3. The van der Waals surface area contributed by atoms with Crippen molar-refractivity contribution >= 4 is 34.7 Å². The van der Waals surface area contributed by atoms with Gasteiger partial charge in [0.1, 0.15) is 17.3 Å². The van der Waals surface area contributed by atoms with Crippen molar-refractivity contribution in [2.45, 2.75) is 0 Å². The Balaban J connectivity index is 1.62. The molecule has 3 aromatic heterocycles. The fourth-order valence-corrected chi connectivity index (χ4v) is 4.30. The molecule has 0 spiro atoms. The smallest absolute Gasteiger partial charge is 0.261 e. The Morgan fingerprint density at radius 1 is 1.03 bits per heavy atom. The summed E-state index contributed by atoms with van der Waals surface area (Å²) in [5.41, 5.74) is 1.02. The fourth-order valence-electron chi connectivity index (χ4n) is 3.37. The zero-order valence-corrected chi connectivity index (χ0v) is 18.9. The maximum absolute atomic E-state index is 14.3. The number of H-pyrrole nitrogens is 1. The number of carbonyl (C=O) groups is 1. The highest BCUT2D eigenvalue weighted by Gasteiger charge is 2.21. The molecule has 7 nitrogen and oxygen atoms in total. The predicted octanol–water partition coefficient (Wildman–Crippen LogP) is 5.40. The third-order valence-electron chi connectivity index (χ3n) is 4.91. The summed E-state index contributed by atoms with van der Waals surface area (Å²) >= 11 is 7.52. The van der Waals surface area contributed by atoms with E-state index in [2.05, 4.69) is 20.4 Å². The number of amides is 1. The minimum Gasteiger partial charge on any atom is -0.306 e. The van der Waals surface area contributed by atoms with Gasteiger partial charge in [-0.15, -0.1) is 11.3 Å². The largest absolute Gasteiger partial charge is 0.306 e. The molecule has 0 atom stereocenters. The highest BCUT2D eigenvalue weighted by atomic mass is 35.5. The first kappa shape index (κ1) is 21.7. The summed E-state index contributed by atoms with van der Waals surface area (Å²) in [6.45, 7) is 0. The van der Waals surface area contributed by atoms with Gasteiger partial charge in [0, 0.05) is 17.7 Å². The van der Waals surface area contributed by atoms with Crippen molar-refractivity contribution in [3.8, 4) is 27.8 Å². The Hall–Kier alpha value is -4.08. The number of hydrogen-bond donors (Lipinski definition) is 2. The highest BCUT2D eigenvalue weighted by Crippen LogP contribution is 2.29. The van der Waals surface area contributed by atoms with E-state index in [1.807, 2.05) is 47.8 Å². The normalized spacial score (nSPS) is 10.9. The molecule has 0 fully saturated rings. The van der Waals surface area contributed by atoms with E-state index >= 15 is 0 Å². The zero-order chi connectivity index (χ0) is 23.7. The van der Waals surface area contributed by atoms with Crippen LogP contribution in [0, 0.1) is 5.82 Å². The van der Waals surface area contributed by atoms with E-state index in [-0.39, 0.29) is 22.4 Å². The van der Waals surface area contributed by atoms with Crippen molar-refractivity contribution in [2.75, 3.05) is 5.32 Å². The molecule has 0 aliphatic heterocycles. The van der Waals surface area contributed by atoms with Gasteiger partial charge >= 0.3 is 0 Å². The van der Waals surface area contributed by atoms with Crippen LogP contribution in [0.1, 0.15) is 10.4 Å². The van der Waals surface area contributed by atoms with Crippen LogP contribution in [0.4, 0.5) is 10.2 Å². The SMILES string of the molecule is O=C(Nc1cc(-c2cccs2)nn1-c1nc(-c2ccccc2)cc(=O)[nH]1)c1c(F)cccc1Cl. The van der Waals surface area contributed by atoms with Crippen LogP contribution in [-0.2, 0) is 0 Å². The Morgan fingerprint density at radius 3 is 2.59 bits per heavy atom. The average molecular weight is 492 g/mol. The van der Waals surface area contributed by atoms with Gasteiger partial charge in [0.25, 0.3) is 11.5 Å². The molecule has 0 unspecified atom stereocenters. The van der Waals surface area contributed by atoms with Gasteiger partial charge in [-0.3, -0.25) is 14.6 Å². The summed E-state index contributed by atoms with van der Waals surface area (Å²) in [5, 5.41) is 9.05. The molecule has 0 aliphatic rings. The Morgan fingerprint density at radius 2 is 1.85 bits per heavy atom. The molecule has 1 amide bonds. The first-order valence-electron chi connectivity index (χ1n) is 10.1. The first-order chi connectivity index (χ1) is 16.5. The molecule has 2 N–H and O–H groups in total. The van der Waals surface area contributed by atoms with Gasteiger partial charge in [-0.25, -0.2) is 9.37 Å². The Kier molecular flexibility index (Phi) is 5.79. The zero-order valence-electron chi connectivity index (χ0n) is 17.3. The third-order valence-corrected chi connectivity index (χ3v) is 6.12. The summed E-state index contributed by atoms with van der Waals surface area (Å²) < 4.78 is 15.6. The van der Waals surface area contributed by atoms with Crippen molar-refractivity contribution in [3.63, 3.8) is 0 Å². The number of anilines is 1. The van der Waals surface area contributed by atoms with Crippen LogP contribution in [0.25, 0.3) is 27.8 Å². The molecule has 0 saturated heterocycles. The standard InChI is InChI=1S/C24H15ClFN5O2S/c25-15-8-4-9-16(26)22(15)23(33)28-20-12-18(19-10-5-11-34-19)30-31(20)24-27-17(13-21(32)29-24)14-6-2-1-3-7-14/h1-13H,(H,28,33)(H,27,29,32). The van der Waals surface area contributed by atoms with Crippen molar-refractivity contribution in [2.24, 2.45) is 0 Å². The predicted molar refractivity (Wildman–Crippen MR) is 130 cm³/mol. The van der Waals surface area contributed by atoms with Gasteiger partial charge in [-0.05, 0) is 23.6 Å². The molecule has 3 heterocycles. The summed E-state index contributed by atoms with van der Waals surface area (Å²) in [4.78, 5) is 33.4. The van der Waals surface area contributed by atoms with Gasteiger partial charge < -0.3 is 5.32 Å². The number of halogens is 2. The molecule has 2 aromatic carbocycles. The minimum atomic E-state index is -0.761. The van der Waals surface area contributed by atoms with Crippen LogP contribution in [-0.4, -0.2) is 25.7 Å². The first-order valence-corrected chi connectivity index (χ1v) is 11.3. The number of aromatic nitrogens is 4. The van der Waals surface area contributed by atoms with Crippen LogP contribution >= 0.6 is 22.9 Å². The molecule has 10 heteroatoms. The molecule has 34 heavy (non-hydrogen) atoms. The third kappa shape index (κ3) is 4.26. The number of aromatic amines is 1. The lowest BCUT2D eigenvalue weighted by Crippen LogP contribution is -2.19. The maximum Gasteiger partial charge on any atom is 0.261 e. The van der Waals surface area contributed by atoms with Gasteiger partial charge in [0.05, 0.1) is 21.2 Å². The molecule has 5 aromatic rings. The van der Waals surface area contributed by atoms with Crippen molar-refractivity contribution in [1.29, 1.82) is 0 Å². The molecule has 0 radical (unpaired) electrons. The summed E-state index contributed by atoms with van der Waals surface area (Å²) in [6.07, 6.45) is 0. The van der Waals surface area contributed by atoms with Crippen LogP contribution in [0.5, 0.6) is 0 Å². The molecular weight excluding hydrogens is 477 g/mol. The number of thiophene rings is 1. The van der Waals surface area contributed by atoms with Crippen molar-refractivity contribution < 1.29 is 9.18 Å². The average Bonchev–Trinajstić information content (AvgIpc) is 3.49. The summed E-state index contributed by atoms with van der Waals surface area (Å²) in [5.74, 6) is -1.25. The maximum atomic E-state index is 14.3. The van der Waals surface area contributed by atoms with Crippen LogP contribution in [0.2, 0.25) is 5.02 Å². The second-order valence-electron chi connectivity index (χ2n) is 7.17. The van der Waals surface area contributed by atoms with Crippen molar-refractivity contribution in [3.05, 3.63) is 105 Å². The van der Waals surface area contributed by atoms with E-state index in [1.165, 1.54) is 34.2 Å². The van der Waals surface area contributed by atoms with Gasteiger partial charge in [0.2, 0.25) is 5.95 Å². The highest BCUT2D eigenvalue weighted by molar-refractivity contribution is 7.13. The monoisotopic (exact) mass is 491 g/mol. The Bertz CT molecular complexity index is 1530. The molecular formula is C24H15ClFN5O2S. The topological polar surface area (TPSA) is 92.7 Å². The van der Waals surface area contributed by atoms with Crippen LogP contribution in [0.3, 0.4) is 0 Å². The summed E-state index contributed by atoms with van der Waals surface area (Å²) in [6, 6.07) is 19.9. The second kappa shape index (κ2) is 9.05. The van der Waals surface area contributed by atoms with Gasteiger partial charge in [-0.1, -0.05) is 54.1 Å². The minimum absolute atomic E-state index is 0.0281. The molecule has 0 aliphatic carbocycles. The van der Waals surface area contributed by atoms with E-state index in [0.717, 1.165) is 16.5 Å². The lowest BCUT2D eigenvalue weighted by molar-refractivity contribution is 0.102. The second-order valence-corrected chi connectivity index (χ2v) is 8.53. The van der Waals surface area contributed by atoms with Gasteiger partial charge in [-0.2, -0.15) is 9.78 Å². The lowest BCUT2D eigenvalue weighted by atomic mass is 10.1. The number of rotatable bonds is 5. The Labute approximate surface area is 201 Å². The quantitative estimate of drug-likeness (QED) is 0.344. The fraction of sp³-hybridized carbons (Fsp3) is 0. The molecule has 0 bridgehead atoms. The van der Waals surface area contributed by atoms with E-state index < -0.39 is 17.3 Å². The number of nitrogens with one attached hydrogen (secondary N) is 2. The van der Waals surface area contributed by atoms with E-state index in [9.17, 15) is 14.0 Å². The molecule has 0 saturated carbocycles.